The third-order valence-electron chi connectivity index (χ3n) is 4.03. The highest BCUT2D eigenvalue weighted by Gasteiger charge is 2.24. The van der Waals surface area contributed by atoms with Crippen LogP contribution < -0.4 is 19.1 Å². The van der Waals surface area contributed by atoms with Crippen LogP contribution >= 0.6 is 0 Å². The fraction of sp³-hybridized carbons (Fsp3) is 0.350. The summed E-state index contributed by atoms with van der Waals surface area (Å²) in [6, 6.07) is 14.0. The molecule has 152 valence electrons. The van der Waals surface area contributed by atoms with Crippen LogP contribution in [-0.2, 0) is 14.8 Å². The minimum Gasteiger partial charge on any atom is -0.495 e. The average molecular weight is 407 g/mol. The van der Waals surface area contributed by atoms with Crippen molar-refractivity contribution in [2.45, 2.75) is 19.9 Å². The molecule has 0 radical (unpaired) electrons. The zero-order chi connectivity index (χ0) is 20.7. The van der Waals surface area contributed by atoms with Gasteiger partial charge in [-0.2, -0.15) is 0 Å². The molecule has 1 N–H and O–H groups in total. The summed E-state index contributed by atoms with van der Waals surface area (Å²) in [6.07, 6.45) is 1.05. The van der Waals surface area contributed by atoms with Gasteiger partial charge in [-0.25, -0.2) is 8.42 Å². The number of ether oxygens (including phenoxy) is 2. The summed E-state index contributed by atoms with van der Waals surface area (Å²) in [4.78, 5) is 12.4. The number of benzene rings is 2. The highest BCUT2D eigenvalue weighted by atomic mass is 32.2. The molecule has 0 fully saturated rings. The Balaban J connectivity index is 2.03. The minimum absolute atomic E-state index is 0.268. The van der Waals surface area contributed by atoms with E-state index in [0.29, 0.717) is 11.4 Å². The van der Waals surface area contributed by atoms with Gasteiger partial charge in [-0.3, -0.25) is 9.10 Å². The van der Waals surface area contributed by atoms with E-state index in [1.165, 1.54) is 7.11 Å². The van der Waals surface area contributed by atoms with E-state index in [9.17, 15) is 13.2 Å². The van der Waals surface area contributed by atoms with E-state index in [2.05, 4.69) is 5.32 Å². The number of carbonyl (C=O) groups is 1. The second-order valence-electron chi connectivity index (χ2n) is 6.49. The number of rotatable bonds is 9. The van der Waals surface area contributed by atoms with Gasteiger partial charge in [-0.1, -0.05) is 30.3 Å². The van der Waals surface area contributed by atoms with Crippen molar-refractivity contribution in [3.63, 3.8) is 0 Å². The number of sulfonamides is 1. The second kappa shape index (κ2) is 9.45. The molecule has 1 amide bonds. The minimum atomic E-state index is -3.68. The Kier molecular flexibility index (Phi) is 7.28. The van der Waals surface area contributed by atoms with Gasteiger partial charge in [0, 0.05) is 0 Å². The number of nitrogens with zero attached hydrogens (tertiary/aromatic N) is 1. The molecular weight excluding hydrogens is 380 g/mol. The molecule has 8 heteroatoms. The average Bonchev–Trinajstić information content (AvgIpc) is 2.64. The summed E-state index contributed by atoms with van der Waals surface area (Å²) < 4.78 is 36.4. The first-order chi connectivity index (χ1) is 13.2. The smallest absolute Gasteiger partial charge is 0.241 e. The van der Waals surface area contributed by atoms with Crippen molar-refractivity contribution in [3.05, 3.63) is 54.1 Å². The van der Waals surface area contributed by atoms with Gasteiger partial charge in [0.15, 0.2) is 0 Å². The summed E-state index contributed by atoms with van der Waals surface area (Å²) in [5, 5.41) is 2.77. The maximum absolute atomic E-state index is 12.4. The molecule has 0 saturated heterocycles. The van der Waals surface area contributed by atoms with Crippen molar-refractivity contribution in [3.8, 4) is 11.5 Å². The lowest BCUT2D eigenvalue weighted by molar-refractivity contribution is -0.120. The van der Waals surface area contributed by atoms with E-state index in [1.54, 1.807) is 31.2 Å². The van der Waals surface area contributed by atoms with Crippen molar-refractivity contribution >= 4 is 21.6 Å². The monoisotopic (exact) mass is 406 g/mol. The Bertz CT molecular complexity index is 914. The maximum Gasteiger partial charge on any atom is 0.241 e. The van der Waals surface area contributed by atoms with Gasteiger partial charge in [0.05, 0.1) is 25.1 Å². The van der Waals surface area contributed by atoms with Crippen molar-refractivity contribution in [2.24, 2.45) is 0 Å². The maximum atomic E-state index is 12.4. The van der Waals surface area contributed by atoms with E-state index in [-0.39, 0.29) is 19.2 Å². The quantitative estimate of drug-likeness (QED) is 0.691. The van der Waals surface area contributed by atoms with Crippen LogP contribution in [0, 0.1) is 6.92 Å². The summed E-state index contributed by atoms with van der Waals surface area (Å²) in [6.45, 7) is 3.65. The molecule has 0 bridgehead atoms. The Labute approximate surface area is 166 Å². The molecule has 0 heterocycles. The van der Waals surface area contributed by atoms with Crippen molar-refractivity contribution in [2.75, 3.05) is 30.8 Å². The second-order valence-corrected chi connectivity index (χ2v) is 8.39. The van der Waals surface area contributed by atoms with Gasteiger partial charge in [0.25, 0.3) is 0 Å². The zero-order valence-electron chi connectivity index (χ0n) is 16.5. The van der Waals surface area contributed by atoms with Crippen LogP contribution in [0.5, 0.6) is 11.5 Å². The molecule has 1 unspecified atom stereocenters. The van der Waals surface area contributed by atoms with E-state index < -0.39 is 15.9 Å². The normalized spacial score (nSPS) is 12.1. The number of aryl methyl sites for hydroxylation is 1. The first kappa shape index (κ1) is 21.6. The Morgan fingerprint density at radius 3 is 2.32 bits per heavy atom. The highest BCUT2D eigenvalue weighted by molar-refractivity contribution is 7.92. The molecule has 0 aliphatic heterocycles. The fourth-order valence-electron chi connectivity index (χ4n) is 2.64. The Morgan fingerprint density at radius 1 is 1.11 bits per heavy atom. The Hall–Kier alpha value is -2.74. The van der Waals surface area contributed by atoms with Crippen LogP contribution in [-0.4, -0.2) is 46.9 Å². The van der Waals surface area contributed by atoms with Gasteiger partial charge in [0.1, 0.15) is 24.7 Å². The van der Waals surface area contributed by atoms with Crippen molar-refractivity contribution in [1.29, 1.82) is 0 Å². The van der Waals surface area contributed by atoms with E-state index >= 15 is 0 Å². The number of amides is 1. The van der Waals surface area contributed by atoms with Crippen LogP contribution in [0.1, 0.15) is 12.5 Å². The fourth-order valence-corrected chi connectivity index (χ4v) is 3.50. The van der Waals surface area contributed by atoms with Gasteiger partial charge in [-0.05, 0) is 37.6 Å². The molecule has 0 spiro atoms. The van der Waals surface area contributed by atoms with Gasteiger partial charge in [0.2, 0.25) is 15.9 Å². The van der Waals surface area contributed by atoms with E-state index in [1.807, 2.05) is 31.2 Å². The molecule has 2 rings (SSSR count). The van der Waals surface area contributed by atoms with Crippen LogP contribution in [0.4, 0.5) is 5.69 Å². The number of methoxy groups -OCH3 is 1. The van der Waals surface area contributed by atoms with Crippen LogP contribution in [0.25, 0.3) is 0 Å². The third-order valence-corrected chi connectivity index (χ3v) is 5.16. The van der Waals surface area contributed by atoms with E-state index in [4.69, 9.17) is 9.47 Å². The molecule has 2 aromatic rings. The standard InChI is InChI=1S/C20H26N2O5S/c1-15-9-5-7-11-18(15)27-14-16(2)21-20(23)13-22(28(4,24)25)17-10-6-8-12-19(17)26-3/h5-12,16H,13-14H2,1-4H3,(H,21,23). The number of nitrogens with one attached hydrogen (secondary N) is 1. The molecule has 28 heavy (non-hydrogen) atoms. The van der Waals surface area contributed by atoms with Gasteiger partial charge < -0.3 is 14.8 Å². The predicted molar refractivity (Wildman–Crippen MR) is 109 cm³/mol. The summed E-state index contributed by atoms with van der Waals surface area (Å²) in [5.41, 5.74) is 1.31. The van der Waals surface area contributed by atoms with Gasteiger partial charge in [-0.15, -0.1) is 0 Å². The molecular formula is C20H26N2O5S. The summed E-state index contributed by atoms with van der Waals surface area (Å²) in [5.74, 6) is 0.684. The number of hydrogen-bond donors (Lipinski definition) is 1. The molecule has 1 atom stereocenters. The summed E-state index contributed by atoms with van der Waals surface area (Å²) in [7, 11) is -2.23. The van der Waals surface area contributed by atoms with Crippen LogP contribution in [0.3, 0.4) is 0 Å². The number of para-hydroxylation sites is 3. The number of hydrogen-bond acceptors (Lipinski definition) is 5. The molecule has 0 aromatic heterocycles. The van der Waals surface area contributed by atoms with Crippen LogP contribution in [0.2, 0.25) is 0 Å². The zero-order valence-corrected chi connectivity index (χ0v) is 17.3. The highest BCUT2D eigenvalue weighted by Crippen LogP contribution is 2.29. The molecule has 7 nitrogen and oxygen atoms in total. The predicted octanol–water partition coefficient (Wildman–Crippen LogP) is 2.35. The van der Waals surface area contributed by atoms with E-state index in [0.717, 1.165) is 21.9 Å². The van der Waals surface area contributed by atoms with Crippen LogP contribution in [0.15, 0.2) is 48.5 Å². The number of carbonyl (C=O) groups excluding carboxylic acids is 1. The number of anilines is 1. The SMILES string of the molecule is COc1ccccc1N(CC(=O)NC(C)COc1ccccc1C)S(C)(=O)=O. The lowest BCUT2D eigenvalue weighted by Crippen LogP contribution is -2.45. The Morgan fingerprint density at radius 2 is 1.71 bits per heavy atom. The molecule has 0 aliphatic rings. The third kappa shape index (κ3) is 5.88. The first-order valence-corrected chi connectivity index (χ1v) is 10.7. The summed E-state index contributed by atoms with van der Waals surface area (Å²) >= 11 is 0. The van der Waals surface area contributed by atoms with Crippen molar-refractivity contribution in [1.82, 2.24) is 5.32 Å². The first-order valence-electron chi connectivity index (χ1n) is 8.81. The largest absolute Gasteiger partial charge is 0.495 e. The molecule has 2 aromatic carbocycles. The van der Waals surface area contributed by atoms with Crippen molar-refractivity contribution < 1.29 is 22.7 Å². The lowest BCUT2D eigenvalue weighted by atomic mass is 10.2. The topological polar surface area (TPSA) is 84.9 Å². The molecule has 0 aliphatic carbocycles. The molecule has 0 saturated carbocycles. The lowest BCUT2D eigenvalue weighted by Gasteiger charge is -2.24. The van der Waals surface area contributed by atoms with Gasteiger partial charge >= 0.3 is 0 Å².